The first-order valence-electron chi connectivity index (χ1n) is 5.29. The van der Waals surface area contributed by atoms with E-state index in [-0.39, 0.29) is 0 Å². The first-order valence-corrected chi connectivity index (χ1v) is 5.67. The van der Waals surface area contributed by atoms with Crippen molar-refractivity contribution in [2.75, 3.05) is 11.4 Å². The van der Waals surface area contributed by atoms with Crippen LogP contribution in [0.4, 0.5) is 5.82 Å². The average Bonchev–Trinajstić information content (AvgIpc) is 2.30. The maximum absolute atomic E-state index is 11.1. The lowest BCUT2D eigenvalue weighted by Gasteiger charge is -2.33. The van der Waals surface area contributed by atoms with Crippen LogP contribution in [0.15, 0.2) is 18.3 Å². The highest BCUT2D eigenvalue weighted by atomic mass is 35.5. The second-order valence-corrected chi connectivity index (χ2v) is 4.31. The van der Waals surface area contributed by atoms with Crippen LogP contribution < -0.4 is 4.90 Å². The highest BCUT2D eigenvalue weighted by Gasteiger charge is 2.29. The largest absolute Gasteiger partial charge is 0.480 e. The third-order valence-corrected chi connectivity index (χ3v) is 3.02. The number of carboxylic acids is 1. The van der Waals surface area contributed by atoms with Gasteiger partial charge in [-0.3, -0.25) is 0 Å². The van der Waals surface area contributed by atoms with E-state index in [1.165, 1.54) is 0 Å². The number of pyridine rings is 1. The summed E-state index contributed by atoms with van der Waals surface area (Å²) in [5, 5.41) is 9.69. The van der Waals surface area contributed by atoms with E-state index in [1.54, 1.807) is 18.3 Å². The molecule has 5 heteroatoms. The Kier molecular flexibility index (Phi) is 3.29. The number of aromatic nitrogens is 1. The van der Waals surface area contributed by atoms with Gasteiger partial charge in [0.15, 0.2) is 0 Å². The van der Waals surface area contributed by atoms with Gasteiger partial charge in [-0.05, 0) is 31.4 Å². The fraction of sp³-hybridized carbons (Fsp3) is 0.455. The predicted octanol–water partition coefficient (Wildman–Crippen LogP) is 2.18. The monoisotopic (exact) mass is 240 g/mol. The van der Waals surface area contributed by atoms with E-state index in [4.69, 9.17) is 16.7 Å². The molecule has 1 N–H and O–H groups in total. The van der Waals surface area contributed by atoms with Gasteiger partial charge < -0.3 is 10.0 Å². The molecule has 0 amide bonds. The van der Waals surface area contributed by atoms with Gasteiger partial charge in [-0.1, -0.05) is 11.6 Å². The lowest BCUT2D eigenvalue weighted by atomic mass is 10.0. The van der Waals surface area contributed by atoms with Crippen molar-refractivity contribution in [3.05, 3.63) is 23.4 Å². The van der Waals surface area contributed by atoms with Gasteiger partial charge in [0.2, 0.25) is 0 Å². The Bertz CT molecular complexity index is 380. The fourth-order valence-electron chi connectivity index (χ4n) is 2.00. The minimum absolute atomic E-state index is 0.456. The van der Waals surface area contributed by atoms with Crippen LogP contribution >= 0.6 is 11.6 Å². The zero-order valence-corrected chi connectivity index (χ0v) is 9.52. The molecule has 0 saturated carbocycles. The molecule has 1 aromatic heterocycles. The van der Waals surface area contributed by atoms with Crippen molar-refractivity contribution in [2.24, 2.45) is 0 Å². The average molecular weight is 241 g/mol. The van der Waals surface area contributed by atoms with E-state index in [1.807, 2.05) is 4.90 Å². The molecule has 1 aromatic rings. The van der Waals surface area contributed by atoms with E-state index in [2.05, 4.69) is 4.98 Å². The fourth-order valence-corrected chi connectivity index (χ4v) is 2.11. The number of rotatable bonds is 2. The highest BCUT2D eigenvalue weighted by Crippen LogP contribution is 2.23. The maximum atomic E-state index is 11.1. The Hall–Kier alpha value is -1.29. The smallest absolute Gasteiger partial charge is 0.326 e. The number of halogens is 1. The number of nitrogens with zero attached hydrogens (tertiary/aromatic N) is 2. The minimum Gasteiger partial charge on any atom is -0.480 e. The van der Waals surface area contributed by atoms with Gasteiger partial charge in [0.25, 0.3) is 0 Å². The number of hydrogen-bond acceptors (Lipinski definition) is 3. The lowest BCUT2D eigenvalue weighted by Crippen LogP contribution is -2.45. The summed E-state index contributed by atoms with van der Waals surface area (Å²) in [6.45, 7) is 0.742. The van der Waals surface area contributed by atoms with Gasteiger partial charge in [0.05, 0.1) is 5.02 Å². The van der Waals surface area contributed by atoms with Crippen LogP contribution in [0.2, 0.25) is 5.02 Å². The van der Waals surface area contributed by atoms with Crippen LogP contribution in [0, 0.1) is 0 Å². The molecule has 1 atom stereocenters. The first-order chi connectivity index (χ1) is 7.68. The number of carbonyl (C=O) groups is 1. The Morgan fingerprint density at radius 1 is 1.50 bits per heavy atom. The molecule has 86 valence electrons. The normalized spacial score (nSPS) is 20.8. The Morgan fingerprint density at radius 2 is 2.31 bits per heavy atom. The highest BCUT2D eigenvalue weighted by molar-refractivity contribution is 6.30. The van der Waals surface area contributed by atoms with Crippen molar-refractivity contribution in [2.45, 2.75) is 25.3 Å². The number of carboxylic acid groups (broad SMARTS) is 1. The van der Waals surface area contributed by atoms with Crippen molar-refractivity contribution in [3.63, 3.8) is 0 Å². The summed E-state index contributed by atoms with van der Waals surface area (Å²) in [6.07, 6.45) is 4.19. The van der Waals surface area contributed by atoms with Crippen LogP contribution in [0.5, 0.6) is 0 Å². The summed E-state index contributed by atoms with van der Waals surface area (Å²) >= 11 is 5.75. The second kappa shape index (κ2) is 4.70. The van der Waals surface area contributed by atoms with Crippen LogP contribution in [0.3, 0.4) is 0 Å². The molecule has 16 heavy (non-hydrogen) atoms. The molecule has 2 heterocycles. The van der Waals surface area contributed by atoms with Gasteiger partial charge >= 0.3 is 5.97 Å². The molecule has 1 unspecified atom stereocenters. The maximum Gasteiger partial charge on any atom is 0.326 e. The van der Waals surface area contributed by atoms with E-state index in [0.29, 0.717) is 17.3 Å². The topological polar surface area (TPSA) is 53.4 Å². The zero-order valence-electron chi connectivity index (χ0n) is 8.77. The number of anilines is 1. The molecule has 0 bridgehead atoms. The van der Waals surface area contributed by atoms with Crippen molar-refractivity contribution >= 4 is 23.4 Å². The van der Waals surface area contributed by atoms with Gasteiger partial charge in [-0.25, -0.2) is 9.78 Å². The summed E-state index contributed by atoms with van der Waals surface area (Å²) in [6, 6.07) is 3.04. The summed E-state index contributed by atoms with van der Waals surface area (Å²) in [5.41, 5.74) is 0. The third-order valence-electron chi connectivity index (χ3n) is 2.79. The predicted molar refractivity (Wildman–Crippen MR) is 61.9 cm³/mol. The van der Waals surface area contributed by atoms with Gasteiger partial charge in [0, 0.05) is 12.7 Å². The molecule has 1 saturated heterocycles. The quantitative estimate of drug-likeness (QED) is 0.861. The molecule has 0 spiro atoms. The van der Waals surface area contributed by atoms with Gasteiger partial charge in [-0.2, -0.15) is 0 Å². The summed E-state index contributed by atoms with van der Waals surface area (Å²) in [5.74, 6) is -0.0899. The van der Waals surface area contributed by atoms with E-state index in [9.17, 15) is 4.79 Å². The summed E-state index contributed by atoms with van der Waals surface area (Å²) in [7, 11) is 0. The van der Waals surface area contributed by atoms with E-state index < -0.39 is 12.0 Å². The second-order valence-electron chi connectivity index (χ2n) is 3.88. The summed E-state index contributed by atoms with van der Waals surface area (Å²) in [4.78, 5) is 17.1. The first kappa shape index (κ1) is 11.2. The standard InChI is InChI=1S/C11H13ClN2O2/c12-8-4-5-10(13-7-8)14-6-2-1-3-9(14)11(15)16/h4-5,7,9H,1-3,6H2,(H,15,16). The number of aliphatic carboxylic acids is 1. The number of piperidine rings is 1. The number of hydrogen-bond donors (Lipinski definition) is 1. The Morgan fingerprint density at radius 3 is 2.94 bits per heavy atom. The Labute approximate surface area is 98.9 Å². The summed E-state index contributed by atoms with van der Waals surface area (Å²) < 4.78 is 0. The minimum atomic E-state index is -0.781. The Balaban J connectivity index is 2.23. The SMILES string of the molecule is O=C(O)C1CCCCN1c1ccc(Cl)cn1. The molecule has 1 aliphatic rings. The third kappa shape index (κ3) is 2.27. The van der Waals surface area contributed by atoms with Crippen LogP contribution in [0.1, 0.15) is 19.3 Å². The lowest BCUT2D eigenvalue weighted by molar-refractivity contribution is -0.139. The van der Waals surface area contributed by atoms with Crippen LogP contribution in [-0.2, 0) is 4.79 Å². The van der Waals surface area contributed by atoms with Gasteiger partial charge in [-0.15, -0.1) is 0 Å². The van der Waals surface area contributed by atoms with E-state index >= 15 is 0 Å². The molecule has 1 fully saturated rings. The van der Waals surface area contributed by atoms with Crippen LogP contribution in [0.25, 0.3) is 0 Å². The van der Waals surface area contributed by atoms with Gasteiger partial charge in [0.1, 0.15) is 11.9 Å². The molecule has 0 radical (unpaired) electrons. The van der Waals surface area contributed by atoms with Crippen molar-refractivity contribution < 1.29 is 9.90 Å². The molecular weight excluding hydrogens is 228 g/mol. The van der Waals surface area contributed by atoms with Crippen molar-refractivity contribution in [1.82, 2.24) is 4.98 Å². The van der Waals surface area contributed by atoms with Crippen LogP contribution in [-0.4, -0.2) is 28.6 Å². The molecular formula is C11H13ClN2O2. The van der Waals surface area contributed by atoms with Crippen molar-refractivity contribution in [3.8, 4) is 0 Å². The molecule has 2 rings (SSSR count). The molecule has 1 aliphatic heterocycles. The molecule has 4 nitrogen and oxygen atoms in total. The van der Waals surface area contributed by atoms with Crippen molar-refractivity contribution in [1.29, 1.82) is 0 Å². The van der Waals surface area contributed by atoms with E-state index in [0.717, 1.165) is 19.4 Å². The molecule has 0 aliphatic carbocycles. The molecule has 0 aromatic carbocycles. The zero-order chi connectivity index (χ0) is 11.5.